The van der Waals surface area contributed by atoms with Gasteiger partial charge in [-0.25, -0.2) is 8.42 Å². The maximum atomic E-state index is 12.7. The molecule has 0 aromatic heterocycles. The highest BCUT2D eigenvalue weighted by Gasteiger charge is 2.17. The van der Waals surface area contributed by atoms with Gasteiger partial charge in [-0.15, -0.1) is 0 Å². The molecule has 0 bridgehead atoms. The van der Waals surface area contributed by atoms with Gasteiger partial charge in [-0.1, -0.05) is 18.2 Å². The normalized spacial score (nSPS) is 10.9. The zero-order valence-electron chi connectivity index (χ0n) is 16.8. The van der Waals surface area contributed by atoms with E-state index in [1.165, 1.54) is 38.5 Å². The standard InChI is InChI=1S/C22H22N2O5S/c1-15-6-4-8-17(12-15)24-30(26,27)19-9-5-7-16(13-19)22(25)23-20-11-10-18(28-2)14-21(20)29-3/h4-14,24H,1-3H3,(H,23,25). The summed E-state index contributed by atoms with van der Waals surface area (Å²) in [5.74, 6) is 0.541. The van der Waals surface area contributed by atoms with Crippen LogP contribution in [0.2, 0.25) is 0 Å². The molecule has 0 saturated carbocycles. The van der Waals surface area contributed by atoms with Gasteiger partial charge in [0.15, 0.2) is 0 Å². The molecule has 8 heteroatoms. The molecule has 7 nitrogen and oxygen atoms in total. The highest BCUT2D eigenvalue weighted by atomic mass is 32.2. The minimum absolute atomic E-state index is 0.0154. The lowest BCUT2D eigenvalue weighted by molar-refractivity contribution is 0.102. The Morgan fingerprint density at radius 3 is 2.37 bits per heavy atom. The first-order valence-corrected chi connectivity index (χ1v) is 10.5. The maximum Gasteiger partial charge on any atom is 0.261 e. The molecule has 0 heterocycles. The van der Waals surface area contributed by atoms with E-state index in [-0.39, 0.29) is 10.5 Å². The Labute approximate surface area is 175 Å². The van der Waals surface area contributed by atoms with E-state index in [1.807, 2.05) is 13.0 Å². The Hall–Kier alpha value is -3.52. The average molecular weight is 426 g/mol. The number of benzene rings is 3. The third kappa shape index (κ3) is 4.90. The molecule has 3 aromatic carbocycles. The first-order chi connectivity index (χ1) is 14.3. The summed E-state index contributed by atoms with van der Waals surface area (Å²) in [6, 6.07) is 17.8. The van der Waals surface area contributed by atoms with Crippen LogP contribution in [0.25, 0.3) is 0 Å². The van der Waals surface area contributed by atoms with Crippen LogP contribution >= 0.6 is 0 Å². The number of methoxy groups -OCH3 is 2. The second kappa shape index (κ2) is 8.87. The Bertz CT molecular complexity index is 1180. The molecule has 3 rings (SSSR count). The van der Waals surface area contributed by atoms with Crippen molar-refractivity contribution in [1.29, 1.82) is 0 Å². The van der Waals surface area contributed by atoms with Crippen molar-refractivity contribution < 1.29 is 22.7 Å². The number of carbonyl (C=O) groups excluding carboxylic acids is 1. The zero-order valence-corrected chi connectivity index (χ0v) is 17.6. The lowest BCUT2D eigenvalue weighted by Crippen LogP contribution is -2.16. The van der Waals surface area contributed by atoms with Crippen LogP contribution in [0, 0.1) is 6.92 Å². The molecular weight excluding hydrogens is 404 g/mol. The van der Waals surface area contributed by atoms with Crippen LogP contribution in [0.3, 0.4) is 0 Å². The summed E-state index contributed by atoms with van der Waals surface area (Å²) in [5.41, 5.74) is 2.01. The highest BCUT2D eigenvalue weighted by Crippen LogP contribution is 2.29. The Balaban J connectivity index is 1.83. The van der Waals surface area contributed by atoms with E-state index >= 15 is 0 Å². The topological polar surface area (TPSA) is 93.7 Å². The fourth-order valence-corrected chi connectivity index (χ4v) is 3.92. The predicted molar refractivity (Wildman–Crippen MR) is 116 cm³/mol. The number of ether oxygens (including phenoxy) is 2. The van der Waals surface area contributed by atoms with Crippen molar-refractivity contribution in [3.05, 3.63) is 77.9 Å². The van der Waals surface area contributed by atoms with Crippen molar-refractivity contribution in [2.24, 2.45) is 0 Å². The van der Waals surface area contributed by atoms with E-state index < -0.39 is 15.9 Å². The summed E-state index contributed by atoms with van der Waals surface area (Å²) in [4.78, 5) is 12.7. The van der Waals surface area contributed by atoms with Crippen LogP contribution < -0.4 is 19.5 Å². The van der Waals surface area contributed by atoms with Gasteiger partial charge >= 0.3 is 0 Å². The van der Waals surface area contributed by atoms with Crippen molar-refractivity contribution in [3.8, 4) is 11.5 Å². The number of carbonyl (C=O) groups is 1. The maximum absolute atomic E-state index is 12.7. The number of rotatable bonds is 7. The Morgan fingerprint density at radius 2 is 1.67 bits per heavy atom. The molecule has 0 aliphatic rings. The third-order valence-electron chi connectivity index (χ3n) is 4.33. The van der Waals surface area contributed by atoms with Gasteiger partial charge in [-0.3, -0.25) is 9.52 Å². The number of amides is 1. The first kappa shape index (κ1) is 21.2. The van der Waals surface area contributed by atoms with Crippen LogP contribution in [0.1, 0.15) is 15.9 Å². The molecule has 0 unspecified atom stereocenters. The van der Waals surface area contributed by atoms with Crippen molar-refractivity contribution in [2.75, 3.05) is 24.3 Å². The minimum atomic E-state index is -3.85. The summed E-state index contributed by atoms with van der Waals surface area (Å²) in [5, 5.41) is 2.73. The van der Waals surface area contributed by atoms with E-state index in [2.05, 4.69) is 10.0 Å². The SMILES string of the molecule is COc1ccc(NC(=O)c2cccc(S(=O)(=O)Nc3cccc(C)c3)c2)c(OC)c1. The van der Waals surface area contributed by atoms with Crippen LogP contribution in [0.5, 0.6) is 11.5 Å². The Morgan fingerprint density at radius 1 is 0.900 bits per heavy atom. The smallest absolute Gasteiger partial charge is 0.261 e. The molecule has 0 spiro atoms. The molecule has 0 fully saturated rings. The number of hydrogen-bond donors (Lipinski definition) is 2. The number of sulfonamides is 1. The molecule has 156 valence electrons. The summed E-state index contributed by atoms with van der Waals surface area (Å²) in [6.07, 6.45) is 0. The molecule has 1 amide bonds. The lowest BCUT2D eigenvalue weighted by atomic mass is 10.2. The molecule has 0 radical (unpaired) electrons. The molecule has 2 N–H and O–H groups in total. The summed E-state index contributed by atoms with van der Waals surface area (Å²) in [6.45, 7) is 1.87. The van der Waals surface area contributed by atoms with Gasteiger partial charge in [0.1, 0.15) is 11.5 Å². The third-order valence-corrected chi connectivity index (χ3v) is 5.71. The summed E-state index contributed by atoms with van der Waals surface area (Å²) < 4.78 is 38.4. The van der Waals surface area contributed by atoms with E-state index in [1.54, 1.807) is 36.4 Å². The summed E-state index contributed by atoms with van der Waals surface area (Å²) in [7, 11) is -0.840. The van der Waals surface area contributed by atoms with E-state index in [9.17, 15) is 13.2 Å². The largest absolute Gasteiger partial charge is 0.497 e. The molecule has 30 heavy (non-hydrogen) atoms. The van der Waals surface area contributed by atoms with Crippen molar-refractivity contribution in [2.45, 2.75) is 11.8 Å². The molecule has 0 aliphatic heterocycles. The van der Waals surface area contributed by atoms with Gasteiger partial charge in [-0.2, -0.15) is 0 Å². The van der Waals surface area contributed by atoms with Crippen LogP contribution in [0.15, 0.2) is 71.6 Å². The van der Waals surface area contributed by atoms with Crippen molar-refractivity contribution in [1.82, 2.24) is 0 Å². The first-order valence-electron chi connectivity index (χ1n) is 9.05. The predicted octanol–water partition coefficient (Wildman–Crippen LogP) is 4.07. The van der Waals surface area contributed by atoms with E-state index in [4.69, 9.17) is 9.47 Å². The van der Waals surface area contributed by atoms with Gasteiger partial charge < -0.3 is 14.8 Å². The fraction of sp³-hybridized carbons (Fsp3) is 0.136. The zero-order chi connectivity index (χ0) is 21.7. The number of aryl methyl sites for hydroxylation is 1. The van der Waals surface area contributed by atoms with E-state index in [0.29, 0.717) is 22.9 Å². The minimum Gasteiger partial charge on any atom is -0.497 e. The summed E-state index contributed by atoms with van der Waals surface area (Å²) >= 11 is 0. The van der Waals surface area contributed by atoms with Gasteiger partial charge in [-0.05, 0) is 55.0 Å². The van der Waals surface area contributed by atoms with Crippen LogP contribution in [0.4, 0.5) is 11.4 Å². The second-order valence-corrected chi connectivity index (χ2v) is 8.21. The fourth-order valence-electron chi connectivity index (χ4n) is 2.82. The quantitative estimate of drug-likeness (QED) is 0.594. The highest BCUT2D eigenvalue weighted by molar-refractivity contribution is 7.92. The molecule has 3 aromatic rings. The van der Waals surface area contributed by atoms with Crippen molar-refractivity contribution in [3.63, 3.8) is 0 Å². The Kier molecular flexibility index (Phi) is 6.27. The van der Waals surface area contributed by atoms with Crippen LogP contribution in [-0.2, 0) is 10.0 Å². The van der Waals surface area contributed by atoms with Gasteiger partial charge in [0.05, 0.1) is 24.8 Å². The molecule has 0 saturated heterocycles. The monoisotopic (exact) mass is 426 g/mol. The van der Waals surface area contributed by atoms with Gasteiger partial charge in [0.25, 0.3) is 15.9 Å². The number of nitrogens with one attached hydrogen (secondary N) is 2. The molecular formula is C22H22N2O5S. The number of hydrogen-bond acceptors (Lipinski definition) is 5. The number of anilines is 2. The average Bonchev–Trinajstić information content (AvgIpc) is 2.73. The van der Waals surface area contributed by atoms with Crippen LogP contribution in [-0.4, -0.2) is 28.5 Å². The van der Waals surface area contributed by atoms with Gasteiger partial charge in [0, 0.05) is 17.3 Å². The molecule has 0 aliphatic carbocycles. The lowest BCUT2D eigenvalue weighted by Gasteiger charge is -2.13. The second-order valence-electron chi connectivity index (χ2n) is 6.52. The van der Waals surface area contributed by atoms with E-state index in [0.717, 1.165) is 5.56 Å². The molecule has 0 atom stereocenters. The van der Waals surface area contributed by atoms with Gasteiger partial charge in [0.2, 0.25) is 0 Å². The van der Waals surface area contributed by atoms with Crippen molar-refractivity contribution >= 4 is 27.3 Å².